The number of hydrogen-bond acceptors (Lipinski definition) is 15. The third kappa shape index (κ3) is 1780. The van der Waals surface area contributed by atoms with Crippen LogP contribution in [0.1, 0.15) is 0 Å². The van der Waals surface area contributed by atoms with Crippen molar-refractivity contribution in [3.8, 4) is 0 Å². The van der Waals surface area contributed by atoms with E-state index in [9.17, 15) is 19.4 Å². The molecule has 0 saturated carbocycles. The molecule has 0 N–H and O–H groups in total. The molecule has 0 rings (SSSR count). The SMILES string of the molecule is O=S(=O)([O-])F.O=S(=O)([O-])F.O=S(=O)([O-])F.O=S(=O)([O-])F.O=S(=O)([O-])F.[Na+].[Na+].[Na+].[Na+].[Na+]. The zero-order chi connectivity index (χ0) is 22.5. The maximum atomic E-state index is 10.1. The molecular formula is F5Na5O15S5. The van der Waals surface area contributed by atoms with Crippen molar-refractivity contribution in [1.29, 1.82) is 0 Å². The monoisotopic (exact) mass is 610 g/mol. The topological polar surface area (TPSA) is 286 Å². The van der Waals surface area contributed by atoms with Crippen molar-refractivity contribution >= 4 is 52.5 Å². The quantitative estimate of drug-likeness (QED) is 0.106. The molecule has 30 heteroatoms. The van der Waals surface area contributed by atoms with Crippen molar-refractivity contribution in [2.75, 3.05) is 0 Å². The molecule has 0 aromatic heterocycles. The smallest absolute Gasteiger partial charge is 0.722 e. The Morgan fingerprint density at radius 3 is 0.300 bits per heavy atom. The first-order chi connectivity index (χ1) is 10.0. The summed E-state index contributed by atoms with van der Waals surface area (Å²) in [6.45, 7) is 0. The van der Waals surface area contributed by atoms with E-state index in [2.05, 4.69) is 0 Å². The van der Waals surface area contributed by atoms with Crippen LogP contribution in [0, 0.1) is 0 Å². The molecule has 0 aliphatic heterocycles. The van der Waals surface area contributed by atoms with Gasteiger partial charge in [-0.05, 0) is 0 Å². The summed E-state index contributed by atoms with van der Waals surface area (Å²) < 4.78 is 177. The van der Waals surface area contributed by atoms with Crippen LogP contribution in [0.4, 0.5) is 19.4 Å². The average molecular weight is 610 g/mol. The Hall–Kier alpha value is 4.20. The van der Waals surface area contributed by atoms with E-state index in [1.165, 1.54) is 0 Å². The molecule has 0 radical (unpaired) electrons. The van der Waals surface area contributed by atoms with Crippen molar-refractivity contribution in [3.63, 3.8) is 0 Å². The second-order valence-corrected chi connectivity index (χ2v) is 5.90. The van der Waals surface area contributed by atoms with Crippen LogP contribution >= 0.6 is 0 Å². The van der Waals surface area contributed by atoms with Crippen LogP contribution in [0.5, 0.6) is 0 Å². The van der Waals surface area contributed by atoms with Crippen LogP contribution in [-0.4, -0.2) is 64.9 Å². The summed E-state index contributed by atoms with van der Waals surface area (Å²) in [6.07, 6.45) is 0. The first-order valence-corrected chi connectivity index (χ1v) is 9.81. The maximum absolute atomic E-state index is 10.1. The van der Waals surface area contributed by atoms with Gasteiger partial charge in [-0.25, -0.2) is 42.1 Å². The summed E-state index contributed by atoms with van der Waals surface area (Å²) in [5.41, 5.74) is 0. The Bertz CT molecular complexity index is 644. The molecule has 160 valence electrons. The average Bonchev–Trinajstić information content (AvgIpc) is 1.79. The van der Waals surface area contributed by atoms with Gasteiger partial charge in [0.05, 0.1) is 0 Å². The molecule has 0 fully saturated rings. The minimum absolute atomic E-state index is 0. The second kappa shape index (κ2) is 29.4. The van der Waals surface area contributed by atoms with Gasteiger partial charge in [0.25, 0.3) is 52.5 Å². The Kier molecular flexibility index (Phi) is 63.1. The van der Waals surface area contributed by atoms with Crippen molar-refractivity contribution in [2.24, 2.45) is 0 Å². The van der Waals surface area contributed by atoms with E-state index in [1.54, 1.807) is 0 Å². The predicted octanol–water partition coefficient (Wildman–Crippen LogP) is -17.9. The van der Waals surface area contributed by atoms with E-state index >= 15 is 0 Å². The largest absolute Gasteiger partial charge is 1.00 e. The van der Waals surface area contributed by atoms with Gasteiger partial charge in [-0.3, -0.25) is 0 Å². The maximum Gasteiger partial charge on any atom is 1.00 e. The fourth-order valence-electron chi connectivity index (χ4n) is 0. The molecule has 0 heterocycles. The Balaban J connectivity index is -0.0000000200. The molecule has 0 aromatic carbocycles. The van der Waals surface area contributed by atoms with Gasteiger partial charge in [-0.2, -0.15) is 0 Å². The molecule has 0 aliphatic carbocycles. The molecule has 0 atom stereocenters. The molecule has 0 spiro atoms. The summed E-state index contributed by atoms with van der Waals surface area (Å²) in [5.74, 6) is 0. The zero-order valence-corrected chi connectivity index (χ0v) is 29.1. The van der Waals surface area contributed by atoms with Crippen molar-refractivity contribution in [1.82, 2.24) is 0 Å². The van der Waals surface area contributed by atoms with E-state index in [1.807, 2.05) is 0 Å². The van der Waals surface area contributed by atoms with Crippen LogP contribution in [0.25, 0.3) is 0 Å². The van der Waals surface area contributed by atoms with Gasteiger partial charge in [0.1, 0.15) is 0 Å². The minimum Gasteiger partial charge on any atom is -0.722 e. The van der Waals surface area contributed by atoms with Gasteiger partial charge < -0.3 is 22.8 Å². The van der Waals surface area contributed by atoms with Crippen LogP contribution in [0.3, 0.4) is 0 Å². The van der Waals surface area contributed by atoms with Gasteiger partial charge >= 0.3 is 148 Å². The van der Waals surface area contributed by atoms with Crippen LogP contribution in [-0.2, 0) is 52.5 Å². The molecule has 0 saturated heterocycles. The molecule has 0 amide bonds. The van der Waals surface area contributed by atoms with E-state index in [4.69, 9.17) is 64.9 Å². The van der Waals surface area contributed by atoms with E-state index in [0.29, 0.717) is 0 Å². The van der Waals surface area contributed by atoms with Gasteiger partial charge in [0, 0.05) is 0 Å². The summed E-state index contributed by atoms with van der Waals surface area (Å²) >= 11 is 0. The molecule has 0 aliphatic rings. The van der Waals surface area contributed by atoms with Crippen LogP contribution in [0.2, 0.25) is 0 Å². The second-order valence-electron chi connectivity index (χ2n) is 1.97. The van der Waals surface area contributed by atoms with Gasteiger partial charge in [0.2, 0.25) is 0 Å². The Morgan fingerprint density at radius 1 is 0.300 bits per heavy atom. The van der Waals surface area contributed by atoms with Gasteiger partial charge in [-0.1, -0.05) is 0 Å². The normalized spacial score (nSPS) is 9.67. The Morgan fingerprint density at radius 2 is 0.300 bits per heavy atom. The predicted molar refractivity (Wildman–Crippen MR) is 54.0 cm³/mol. The molecular weight excluding hydrogens is 610 g/mol. The van der Waals surface area contributed by atoms with E-state index in [-0.39, 0.29) is 148 Å². The number of rotatable bonds is 0. The summed E-state index contributed by atoms with van der Waals surface area (Å²) in [7, 11) is -27.1. The third-order valence-electron chi connectivity index (χ3n) is 0. The molecule has 0 bridgehead atoms. The summed E-state index contributed by atoms with van der Waals surface area (Å²) in [4.78, 5) is 0. The Labute approximate surface area is 279 Å². The number of halogens is 5. The summed E-state index contributed by atoms with van der Waals surface area (Å²) in [6, 6.07) is 0. The van der Waals surface area contributed by atoms with Crippen molar-refractivity contribution < 1.29 is 232 Å². The fraction of sp³-hybridized carbons (Fsp3) is 0. The molecule has 0 aromatic rings. The minimum atomic E-state index is -5.42. The number of hydrogen-bond donors (Lipinski definition) is 0. The first kappa shape index (κ1) is 64.4. The van der Waals surface area contributed by atoms with E-state index < -0.39 is 52.5 Å². The van der Waals surface area contributed by atoms with Gasteiger partial charge in [-0.15, -0.1) is 19.4 Å². The molecule has 15 nitrogen and oxygen atoms in total. The van der Waals surface area contributed by atoms with E-state index in [0.717, 1.165) is 0 Å². The van der Waals surface area contributed by atoms with Crippen LogP contribution in [0.15, 0.2) is 0 Å². The summed E-state index contributed by atoms with van der Waals surface area (Å²) in [5, 5.41) is 0. The third-order valence-corrected chi connectivity index (χ3v) is 0. The van der Waals surface area contributed by atoms with Crippen molar-refractivity contribution in [2.45, 2.75) is 0 Å². The fourth-order valence-corrected chi connectivity index (χ4v) is 0. The standard InChI is InChI=1S/5FHO3S.5Na/c5*1-5(2,3)4;;;;;/h5*(H,2,3,4);;;;;/q;;;;;5*+1/p-5. The van der Waals surface area contributed by atoms with Gasteiger partial charge in [0.15, 0.2) is 0 Å². The van der Waals surface area contributed by atoms with Crippen molar-refractivity contribution in [3.05, 3.63) is 0 Å². The first-order valence-electron chi connectivity index (χ1n) is 3.27. The molecule has 0 unspecified atom stereocenters. The van der Waals surface area contributed by atoms with Crippen LogP contribution < -0.4 is 148 Å². The molecule has 30 heavy (non-hydrogen) atoms. The zero-order valence-electron chi connectivity index (χ0n) is 15.1.